The maximum atomic E-state index is 4.55. The first-order valence-corrected chi connectivity index (χ1v) is 7.08. The van der Waals surface area contributed by atoms with E-state index in [4.69, 9.17) is 0 Å². The van der Waals surface area contributed by atoms with Crippen LogP contribution in [0.5, 0.6) is 0 Å². The lowest BCUT2D eigenvalue weighted by Crippen LogP contribution is -2.18. The molecule has 0 unspecified atom stereocenters. The number of aryl methyl sites for hydroxylation is 2. The van der Waals surface area contributed by atoms with E-state index >= 15 is 0 Å². The zero-order chi connectivity index (χ0) is 14.5. The number of nitrogens with one attached hydrogen (secondary N) is 1. The minimum absolute atomic E-state index is 0.842. The molecule has 2 rings (SSSR count). The fourth-order valence-electron chi connectivity index (χ4n) is 2.40. The van der Waals surface area contributed by atoms with Crippen LogP contribution in [0.2, 0.25) is 0 Å². The maximum Gasteiger partial charge on any atom is 0.137 e. The molecule has 0 radical (unpaired) electrons. The van der Waals surface area contributed by atoms with Gasteiger partial charge in [-0.15, -0.1) is 0 Å². The van der Waals surface area contributed by atoms with Gasteiger partial charge < -0.3 is 10.2 Å². The molecule has 0 atom stereocenters. The van der Waals surface area contributed by atoms with E-state index < -0.39 is 0 Å². The van der Waals surface area contributed by atoms with Crippen LogP contribution in [0.3, 0.4) is 0 Å². The first kappa shape index (κ1) is 14.5. The van der Waals surface area contributed by atoms with Crippen LogP contribution in [-0.2, 0) is 6.54 Å². The van der Waals surface area contributed by atoms with Crippen LogP contribution in [0, 0.1) is 13.8 Å². The lowest BCUT2D eigenvalue weighted by molar-refractivity contribution is 0.723. The number of nitrogens with zero attached hydrogens (tertiary/aromatic N) is 2. The third-order valence-corrected chi connectivity index (χ3v) is 3.34. The van der Waals surface area contributed by atoms with Crippen LogP contribution in [0.25, 0.3) is 0 Å². The van der Waals surface area contributed by atoms with Gasteiger partial charge in [0.15, 0.2) is 0 Å². The Hall–Kier alpha value is -1.87. The van der Waals surface area contributed by atoms with Gasteiger partial charge in [0.1, 0.15) is 5.82 Å². The van der Waals surface area contributed by atoms with Crippen molar-refractivity contribution in [1.29, 1.82) is 0 Å². The summed E-state index contributed by atoms with van der Waals surface area (Å²) in [6, 6.07) is 10.7. The predicted octanol–water partition coefficient (Wildman–Crippen LogP) is 3.58. The normalized spacial score (nSPS) is 10.6. The third-order valence-electron chi connectivity index (χ3n) is 3.34. The standard InChI is InChI=1S/C17H23N3/c1-5-18-12-15-7-6-8-19-17(15)20(4)16-10-13(2)9-14(3)11-16/h6-11,18H,5,12H2,1-4H3. The summed E-state index contributed by atoms with van der Waals surface area (Å²) in [6.45, 7) is 8.17. The van der Waals surface area contributed by atoms with E-state index in [1.54, 1.807) is 0 Å². The molecule has 0 aliphatic heterocycles. The average molecular weight is 269 g/mol. The molecule has 0 spiro atoms. The smallest absolute Gasteiger partial charge is 0.137 e. The highest BCUT2D eigenvalue weighted by atomic mass is 15.2. The molecular weight excluding hydrogens is 246 g/mol. The maximum absolute atomic E-state index is 4.55. The van der Waals surface area contributed by atoms with Crippen LogP contribution >= 0.6 is 0 Å². The van der Waals surface area contributed by atoms with E-state index in [1.165, 1.54) is 22.4 Å². The summed E-state index contributed by atoms with van der Waals surface area (Å²) in [5, 5.41) is 3.37. The fourth-order valence-corrected chi connectivity index (χ4v) is 2.40. The average Bonchev–Trinajstić information content (AvgIpc) is 2.43. The Balaban J connectivity index is 2.34. The van der Waals surface area contributed by atoms with Crippen molar-refractivity contribution in [3.63, 3.8) is 0 Å². The molecule has 0 aliphatic carbocycles. The molecule has 1 aromatic carbocycles. The molecule has 3 heteroatoms. The first-order valence-electron chi connectivity index (χ1n) is 7.08. The Labute approximate surface area is 121 Å². The van der Waals surface area contributed by atoms with E-state index in [9.17, 15) is 0 Å². The molecule has 0 fully saturated rings. The number of benzene rings is 1. The van der Waals surface area contributed by atoms with Gasteiger partial charge in [0, 0.05) is 31.0 Å². The number of rotatable bonds is 5. The summed E-state index contributed by atoms with van der Waals surface area (Å²) in [4.78, 5) is 6.71. The third kappa shape index (κ3) is 3.36. The quantitative estimate of drug-likeness (QED) is 0.899. The molecule has 3 nitrogen and oxygen atoms in total. The van der Waals surface area contributed by atoms with Crippen molar-refractivity contribution >= 4 is 11.5 Å². The SMILES string of the molecule is CCNCc1cccnc1N(C)c1cc(C)cc(C)c1. The van der Waals surface area contributed by atoms with Gasteiger partial charge in [-0.3, -0.25) is 0 Å². The van der Waals surface area contributed by atoms with Crippen LogP contribution in [0.15, 0.2) is 36.5 Å². The van der Waals surface area contributed by atoms with Gasteiger partial charge in [-0.2, -0.15) is 0 Å². The molecule has 0 amide bonds. The van der Waals surface area contributed by atoms with E-state index in [0.29, 0.717) is 0 Å². The molecule has 0 saturated carbocycles. The van der Waals surface area contributed by atoms with Crippen molar-refractivity contribution in [3.05, 3.63) is 53.2 Å². The van der Waals surface area contributed by atoms with Gasteiger partial charge in [0.2, 0.25) is 0 Å². The second-order valence-corrected chi connectivity index (χ2v) is 5.17. The molecule has 2 aromatic rings. The summed E-state index contributed by atoms with van der Waals surface area (Å²) in [6.07, 6.45) is 1.85. The first-order chi connectivity index (χ1) is 9.61. The second kappa shape index (κ2) is 6.53. The molecule has 20 heavy (non-hydrogen) atoms. The Bertz CT molecular complexity index is 558. The Morgan fingerprint density at radius 3 is 2.50 bits per heavy atom. The van der Waals surface area contributed by atoms with Crippen molar-refractivity contribution in [2.75, 3.05) is 18.5 Å². The number of hydrogen-bond donors (Lipinski definition) is 1. The van der Waals surface area contributed by atoms with Gasteiger partial charge in [-0.25, -0.2) is 4.98 Å². The highest BCUT2D eigenvalue weighted by Gasteiger charge is 2.10. The topological polar surface area (TPSA) is 28.2 Å². The fraction of sp³-hybridized carbons (Fsp3) is 0.353. The van der Waals surface area contributed by atoms with Crippen molar-refractivity contribution in [2.45, 2.75) is 27.3 Å². The lowest BCUT2D eigenvalue weighted by atomic mass is 10.1. The van der Waals surface area contributed by atoms with Gasteiger partial charge >= 0.3 is 0 Å². The second-order valence-electron chi connectivity index (χ2n) is 5.17. The predicted molar refractivity (Wildman–Crippen MR) is 85.6 cm³/mol. The van der Waals surface area contributed by atoms with E-state index in [1.807, 2.05) is 12.3 Å². The highest BCUT2D eigenvalue weighted by Crippen LogP contribution is 2.26. The van der Waals surface area contributed by atoms with E-state index in [2.05, 4.69) is 67.3 Å². The molecule has 0 saturated heterocycles. The van der Waals surface area contributed by atoms with E-state index in [0.717, 1.165) is 18.9 Å². The largest absolute Gasteiger partial charge is 0.329 e. The summed E-state index contributed by atoms with van der Waals surface area (Å²) in [5.41, 5.74) is 4.95. The van der Waals surface area contributed by atoms with Crippen LogP contribution < -0.4 is 10.2 Å². The molecule has 1 aromatic heterocycles. The molecule has 106 valence electrons. The van der Waals surface area contributed by atoms with Crippen molar-refractivity contribution < 1.29 is 0 Å². The highest BCUT2D eigenvalue weighted by molar-refractivity contribution is 5.63. The van der Waals surface area contributed by atoms with Crippen molar-refractivity contribution in [2.24, 2.45) is 0 Å². The number of hydrogen-bond acceptors (Lipinski definition) is 3. The molecule has 0 aliphatic rings. The van der Waals surface area contributed by atoms with E-state index in [-0.39, 0.29) is 0 Å². The van der Waals surface area contributed by atoms with Crippen molar-refractivity contribution in [1.82, 2.24) is 10.3 Å². The Morgan fingerprint density at radius 2 is 1.85 bits per heavy atom. The van der Waals surface area contributed by atoms with Gasteiger partial charge in [0.25, 0.3) is 0 Å². The minimum atomic E-state index is 0.842. The minimum Gasteiger partial charge on any atom is -0.329 e. The Kier molecular flexibility index (Phi) is 4.74. The molecule has 1 heterocycles. The van der Waals surface area contributed by atoms with Crippen molar-refractivity contribution in [3.8, 4) is 0 Å². The lowest BCUT2D eigenvalue weighted by Gasteiger charge is -2.22. The monoisotopic (exact) mass is 269 g/mol. The van der Waals surface area contributed by atoms with Crippen LogP contribution in [0.4, 0.5) is 11.5 Å². The molecular formula is C17H23N3. The van der Waals surface area contributed by atoms with Gasteiger partial charge in [-0.1, -0.05) is 19.1 Å². The zero-order valence-electron chi connectivity index (χ0n) is 12.8. The summed E-state index contributed by atoms with van der Waals surface area (Å²) in [5.74, 6) is 1.01. The number of anilines is 2. The number of pyridine rings is 1. The van der Waals surface area contributed by atoms with Gasteiger partial charge in [-0.05, 0) is 49.7 Å². The molecule has 1 N–H and O–H groups in total. The van der Waals surface area contributed by atoms with Crippen LogP contribution in [0.1, 0.15) is 23.6 Å². The summed E-state index contributed by atoms with van der Waals surface area (Å²) < 4.78 is 0. The summed E-state index contributed by atoms with van der Waals surface area (Å²) in [7, 11) is 2.08. The Morgan fingerprint density at radius 1 is 1.15 bits per heavy atom. The van der Waals surface area contributed by atoms with Crippen LogP contribution in [-0.4, -0.2) is 18.6 Å². The van der Waals surface area contributed by atoms with Gasteiger partial charge in [0.05, 0.1) is 0 Å². The zero-order valence-corrected chi connectivity index (χ0v) is 12.8. The summed E-state index contributed by atoms with van der Waals surface area (Å²) >= 11 is 0. The number of aromatic nitrogens is 1. The molecule has 0 bridgehead atoms.